The second-order valence-corrected chi connectivity index (χ2v) is 6.74. The van der Waals surface area contributed by atoms with E-state index in [0.717, 1.165) is 12.8 Å². The van der Waals surface area contributed by atoms with Crippen molar-refractivity contribution >= 4 is 6.09 Å². The summed E-state index contributed by atoms with van der Waals surface area (Å²) in [5, 5.41) is 9.81. The summed E-state index contributed by atoms with van der Waals surface area (Å²) in [7, 11) is 0. The minimum absolute atomic E-state index is 0.0797. The first kappa shape index (κ1) is 15.3. The molecule has 0 aromatic rings. The van der Waals surface area contributed by atoms with Crippen LogP contribution < -0.4 is 0 Å². The van der Waals surface area contributed by atoms with Gasteiger partial charge in [0, 0.05) is 18.0 Å². The van der Waals surface area contributed by atoms with Crippen molar-refractivity contribution < 1.29 is 14.6 Å². The number of nitrogens with zero attached hydrogens (tertiary/aromatic N) is 1. The molecule has 1 atom stereocenters. The summed E-state index contributed by atoms with van der Waals surface area (Å²) in [6.07, 6.45) is 1.30. The fraction of sp³-hybridized carbons (Fsp3) is 0.929. The van der Waals surface area contributed by atoms with E-state index in [9.17, 15) is 9.90 Å². The minimum Gasteiger partial charge on any atom is -0.444 e. The van der Waals surface area contributed by atoms with Gasteiger partial charge in [-0.1, -0.05) is 0 Å². The molecule has 0 heterocycles. The van der Waals surface area contributed by atoms with Gasteiger partial charge in [0.2, 0.25) is 0 Å². The number of rotatable bonds is 4. The Morgan fingerprint density at radius 1 is 1.33 bits per heavy atom. The molecule has 18 heavy (non-hydrogen) atoms. The highest BCUT2D eigenvalue weighted by Crippen LogP contribution is 2.49. The van der Waals surface area contributed by atoms with Gasteiger partial charge in [-0.3, -0.25) is 0 Å². The Balaban J connectivity index is 2.69. The number of hydrogen-bond donors (Lipinski definition) is 1. The number of amides is 1. The second kappa shape index (κ2) is 5.08. The van der Waals surface area contributed by atoms with Crippen LogP contribution in [0.15, 0.2) is 0 Å². The van der Waals surface area contributed by atoms with Crippen LogP contribution in [0.1, 0.15) is 54.4 Å². The van der Waals surface area contributed by atoms with Gasteiger partial charge in [0.25, 0.3) is 0 Å². The first-order valence-corrected chi connectivity index (χ1v) is 6.75. The van der Waals surface area contributed by atoms with Gasteiger partial charge in [-0.15, -0.1) is 0 Å². The zero-order chi connectivity index (χ0) is 14.1. The smallest absolute Gasteiger partial charge is 0.410 e. The molecule has 0 aromatic heterocycles. The van der Waals surface area contributed by atoms with E-state index in [2.05, 4.69) is 0 Å². The Kier molecular flexibility index (Phi) is 4.31. The molecule has 0 aliphatic heterocycles. The average Bonchev–Trinajstić information content (AvgIpc) is 2.91. The fourth-order valence-electron chi connectivity index (χ4n) is 1.99. The van der Waals surface area contributed by atoms with E-state index in [-0.39, 0.29) is 23.7 Å². The lowest BCUT2D eigenvalue weighted by Gasteiger charge is -2.33. The Morgan fingerprint density at radius 2 is 1.83 bits per heavy atom. The maximum absolute atomic E-state index is 12.2. The molecule has 106 valence electrons. The van der Waals surface area contributed by atoms with Crippen LogP contribution in [0.25, 0.3) is 0 Å². The van der Waals surface area contributed by atoms with Gasteiger partial charge in [0.15, 0.2) is 0 Å². The van der Waals surface area contributed by atoms with E-state index in [4.69, 9.17) is 4.74 Å². The van der Waals surface area contributed by atoms with Crippen molar-refractivity contribution in [1.29, 1.82) is 0 Å². The molecule has 1 unspecified atom stereocenters. The molecule has 0 spiro atoms. The summed E-state index contributed by atoms with van der Waals surface area (Å²) in [5.74, 6) is 0. The number of ether oxygens (including phenoxy) is 1. The molecule has 1 saturated carbocycles. The highest BCUT2D eigenvalue weighted by molar-refractivity contribution is 5.68. The van der Waals surface area contributed by atoms with Gasteiger partial charge in [-0.25, -0.2) is 4.79 Å². The average molecular weight is 257 g/mol. The molecule has 1 amide bonds. The molecule has 0 radical (unpaired) electrons. The van der Waals surface area contributed by atoms with E-state index in [0.29, 0.717) is 6.54 Å². The normalized spacial score (nSPS) is 19.6. The van der Waals surface area contributed by atoms with E-state index in [1.165, 1.54) is 0 Å². The molecule has 0 bridgehead atoms. The third kappa shape index (κ3) is 3.87. The number of carbonyl (C=O) groups excluding carboxylic acids is 1. The summed E-state index contributed by atoms with van der Waals surface area (Å²) in [6, 6.07) is 0.0797. The van der Waals surface area contributed by atoms with Crippen molar-refractivity contribution in [3.8, 4) is 0 Å². The summed E-state index contributed by atoms with van der Waals surface area (Å²) < 4.78 is 5.42. The van der Waals surface area contributed by atoms with Crippen LogP contribution >= 0.6 is 0 Å². The van der Waals surface area contributed by atoms with Crippen LogP contribution in [0.4, 0.5) is 4.79 Å². The molecule has 1 fully saturated rings. The molecular formula is C14H27NO3. The van der Waals surface area contributed by atoms with Crippen LogP contribution in [0, 0.1) is 5.41 Å². The molecular weight excluding hydrogens is 230 g/mol. The van der Waals surface area contributed by atoms with Crippen molar-refractivity contribution in [1.82, 2.24) is 4.90 Å². The maximum atomic E-state index is 12.2. The molecule has 1 aliphatic rings. The Bertz CT molecular complexity index is 301. The third-order valence-electron chi connectivity index (χ3n) is 3.52. The van der Waals surface area contributed by atoms with Gasteiger partial charge in [0.1, 0.15) is 5.60 Å². The van der Waals surface area contributed by atoms with Crippen LogP contribution in [0.5, 0.6) is 0 Å². The fourth-order valence-corrected chi connectivity index (χ4v) is 1.99. The van der Waals surface area contributed by atoms with Crippen molar-refractivity contribution in [3.63, 3.8) is 0 Å². The summed E-state index contributed by atoms with van der Waals surface area (Å²) in [4.78, 5) is 13.9. The lowest BCUT2D eigenvalue weighted by molar-refractivity contribution is 0.00508. The highest BCUT2D eigenvalue weighted by atomic mass is 16.6. The van der Waals surface area contributed by atoms with E-state index in [1.807, 2.05) is 34.6 Å². The first-order valence-electron chi connectivity index (χ1n) is 6.75. The zero-order valence-corrected chi connectivity index (χ0v) is 12.5. The molecule has 4 nitrogen and oxygen atoms in total. The van der Waals surface area contributed by atoms with E-state index < -0.39 is 5.60 Å². The maximum Gasteiger partial charge on any atom is 0.410 e. The predicted molar refractivity (Wildman–Crippen MR) is 71.4 cm³/mol. The summed E-state index contributed by atoms with van der Waals surface area (Å²) in [5.41, 5.74) is -0.590. The van der Waals surface area contributed by atoms with Crippen LogP contribution in [0.3, 0.4) is 0 Å². The second-order valence-electron chi connectivity index (χ2n) is 6.74. The van der Waals surface area contributed by atoms with Crippen LogP contribution in [0.2, 0.25) is 0 Å². The SMILES string of the molecule is CC(C)N(CC1(C(C)O)CC1)C(=O)OC(C)(C)C. The first-order chi connectivity index (χ1) is 8.07. The van der Waals surface area contributed by atoms with Gasteiger partial charge in [-0.05, 0) is 54.4 Å². The standard InChI is InChI=1S/C14H27NO3/c1-10(2)15(12(17)18-13(4,5)6)9-14(7-8-14)11(3)16/h10-11,16H,7-9H2,1-6H3. The Labute approximate surface area is 110 Å². The molecule has 0 aromatic carbocycles. The monoisotopic (exact) mass is 257 g/mol. The number of aliphatic hydroxyl groups is 1. The lowest BCUT2D eigenvalue weighted by Crippen LogP contribution is -2.45. The van der Waals surface area contributed by atoms with Crippen LogP contribution in [-0.2, 0) is 4.74 Å². The van der Waals surface area contributed by atoms with E-state index in [1.54, 1.807) is 11.8 Å². The molecule has 1 aliphatic carbocycles. The molecule has 1 N–H and O–H groups in total. The predicted octanol–water partition coefficient (Wildman–Crippen LogP) is 2.79. The molecule has 0 saturated heterocycles. The number of carbonyl (C=O) groups is 1. The van der Waals surface area contributed by atoms with Crippen molar-refractivity contribution in [2.24, 2.45) is 5.41 Å². The highest BCUT2D eigenvalue weighted by Gasteiger charge is 2.49. The van der Waals surface area contributed by atoms with Crippen molar-refractivity contribution in [2.45, 2.75) is 72.1 Å². The largest absolute Gasteiger partial charge is 0.444 e. The minimum atomic E-state index is -0.480. The summed E-state index contributed by atoms with van der Waals surface area (Å²) in [6.45, 7) is 11.9. The van der Waals surface area contributed by atoms with Crippen LogP contribution in [-0.4, -0.2) is 40.4 Å². The van der Waals surface area contributed by atoms with Crippen molar-refractivity contribution in [3.05, 3.63) is 0 Å². The third-order valence-corrected chi connectivity index (χ3v) is 3.52. The van der Waals surface area contributed by atoms with E-state index >= 15 is 0 Å². The van der Waals surface area contributed by atoms with Gasteiger partial charge < -0.3 is 14.7 Å². The Hall–Kier alpha value is -0.770. The topological polar surface area (TPSA) is 49.8 Å². The zero-order valence-electron chi connectivity index (χ0n) is 12.5. The number of aliphatic hydroxyl groups excluding tert-OH is 1. The Morgan fingerprint density at radius 3 is 2.11 bits per heavy atom. The van der Waals surface area contributed by atoms with Gasteiger partial charge >= 0.3 is 6.09 Å². The summed E-state index contributed by atoms with van der Waals surface area (Å²) >= 11 is 0. The van der Waals surface area contributed by atoms with Crippen molar-refractivity contribution in [2.75, 3.05) is 6.54 Å². The molecule has 1 rings (SSSR count). The quantitative estimate of drug-likeness (QED) is 0.842. The molecule has 4 heteroatoms. The lowest BCUT2D eigenvalue weighted by atomic mass is 9.99. The van der Waals surface area contributed by atoms with Gasteiger partial charge in [-0.2, -0.15) is 0 Å². The van der Waals surface area contributed by atoms with Gasteiger partial charge in [0.05, 0.1) is 6.10 Å². The number of hydrogen-bond acceptors (Lipinski definition) is 3.